The molecule has 0 bridgehead atoms. The Hall–Kier alpha value is 0.200. The van der Waals surface area contributed by atoms with Crippen molar-refractivity contribution >= 4 is 21.6 Å². The van der Waals surface area contributed by atoms with Crippen LogP contribution in [0.1, 0.15) is 26.7 Å². The second-order valence-electron chi connectivity index (χ2n) is 2.99. The first-order valence-electron chi connectivity index (χ1n) is 4.51. The fraction of sp³-hybridized carbons (Fsp3) is 1.00. The number of sulfonamides is 1. The van der Waals surface area contributed by atoms with Gasteiger partial charge in [-0.15, -0.1) is 11.6 Å². The number of nitrogens with zero attached hydrogens (tertiary/aromatic N) is 1. The molecule has 0 amide bonds. The Balaban J connectivity index is 4.46. The first kappa shape index (κ1) is 13.2. The van der Waals surface area contributed by atoms with E-state index in [1.807, 2.05) is 13.8 Å². The highest BCUT2D eigenvalue weighted by Gasteiger charge is 2.22. The van der Waals surface area contributed by atoms with Crippen molar-refractivity contribution in [2.45, 2.75) is 32.7 Å². The number of hydrogen-bond acceptors (Lipinski definition) is 2. The molecule has 0 aromatic carbocycles. The number of rotatable bonds is 6. The van der Waals surface area contributed by atoms with Crippen LogP contribution < -0.4 is 0 Å². The molecule has 0 rings (SSSR count). The quantitative estimate of drug-likeness (QED) is 0.648. The van der Waals surface area contributed by atoms with Crippen LogP contribution >= 0.6 is 11.6 Å². The van der Waals surface area contributed by atoms with Crippen LogP contribution in [0.3, 0.4) is 0 Å². The maximum Gasteiger partial charge on any atom is 0.215 e. The van der Waals surface area contributed by atoms with Gasteiger partial charge in [-0.1, -0.05) is 13.8 Å². The molecule has 0 heterocycles. The molecular formula is C8H18ClNO2S. The third-order valence-electron chi connectivity index (χ3n) is 2.23. The minimum absolute atomic E-state index is 0.0293. The Labute approximate surface area is 86.1 Å². The summed E-state index contributed by atoms with van der Waals surface area (Å²) in [7, 11) is -1.51. The van der Waals surface area contributed by atoms with Gasteiger partial charge in [0, 0.05) is 19.0 Å². The van der Waals surface area contributed by atoms with Crippen molar-refractivity contribution in [1.29, 1.82) is 0 Å². The Morgan fingerprint density at radius 3 is 2.08 bits per heavy atom. The predicted octanol–water partition coefficient (Wildman–Crippen LogP) is 1.68. The predicted molar refractivity (Wildman–Crippen MR) is 56.6 cm³/mol. The van der Waals surface area contributed by atoms with E-state index in [-0.39, 0.29) is 17.7 Å². The highest BCUT2D eigenvalue weighted by molar-refractivity contribution is 7.89. The normalized spacial score (nSPS) is 12.8. The molecule has 0 spiro atoms. The molecule has 80 valence electrons. The minimum Gasteiger partial charge on any atom is -0.212 e. The lowest BCUT2D eigenvalue weighted by atomic mass is 10.2. The van der Waals surface area contributed by atoms with Crippen LogP contribution in [0.25, 0.3) is 0 Å². The second kappa shape index (κ2) is 5.83. The van der Waals surface area contributed by atoms with E-state index in [1.165, 1.54) is 4.31 Å². The van der Waals surface area contributed by atoms with Crippen LogP contribution in [0.2, 0.25) is 0 Å². The van der Waals surface area contributed by atoms with Crippen molar-refractivity contribution in [2.24, 2.45) is 0 Å². The fourth-order valence-electron chi connectivity index (χ4n) is 1.27. The van der Waals surface area contributed by atoms with Gasteiger partial charge in [-0.3, -0.25) is 0 Å². The molecule has 13 heavy (non-hydrogen) atoms. The minimum atomic E-state index is -3.13. The molecule has 0 fully saturated rings. The summed E-state index contributed by atoms with van der Waals surface area (Å²) in [4.78, 5) is 0. The van der Waals surface area contributed by atoms with E-state index in [1.54, 1.807) is 7.05 Å². The van der Waals surface area contributed by atoms with Gasteiger partial charge < -0.3 is 0 Å². The van der Waals surface area contributed by atoms with Gasteiger partial charge in [-0.05, 0) is 12.8 Å². The summed E-state index contributed by atoms with van der Waals surface area (Å²) in [5, 5.41) is 0. The molecule has 0 unspecified atom stereocenters. The molecule has 0 aliphatic heterocycles. The molecule has 0 aromatic heterocycles. The maximum atomic E-state index is 11.5. The largest absolute Gasteiger partial charge is 0.215 e. The first-order chi connectivity index (χ1) is 5.99. The summed E-state index contributed by atoms with van der Waals surface area (Å²) < 4.78 is 24.5. The van der Waals surface area contributed by atoms with Gasteiger partial charge >= 0.3 is 0 Å². The first-order valence-corrected chi connectivity index (χ1v) is 6.65. The van der Waals surface area contributed by atoms with Crippen molar-refractivity contribution in [2.75, 3.05) is 18.7 Å². The molecule has 0 atom stereocenters. The average Bonchev–Trinajstić information content (AvgIpc) is 2.06. The van der Waals surface area contributed by atoms with E-state index in [2.05, 4.69) is 0 Å². The number of hydrogen-bond donors (Lipinski definition) is 0. The summed E-state index contributed by atoms with van der Waals surface area (Å²) in [5.41, 5.74) is 0. The molecule has 0 aliphatic rings. The molecule has 3 nitrogen and oxygen atoms in total. The van der Waals surface area contributed by atoms with Crippen LogP contribution in [-0.4, -0.2) is 37.4 Å². The van der Waals surface area contributed by atoms with Gasteiger partial charge in [0.15, 0.2) is 0 Å². The van der Waals surface area contributed by atoms with Gasteiger partial charge in [0.25, 0.3) is 0 Å². The molecule has 0 radical (unpaired) electrons. The molecule has 5 heteroatoms. The molecule has 0 saturated heterocycles. The van der Waals surface area contributed by atoms with E-state index in [9.17, 15) is 8.42 Å². The Kier molecular flexibility index (Phi) is 5.92. The molecular weight excluding hydrogens is 210 g/mol. The number of halogens is 1. The van der Waals surface area contributed by atoms with Gasteiger partial charge in [-0.25, -0.2) is 12.7 Å². The van der Waals surface area contributed by atoms with E-state index >= 15 is 0 Å². The van der Waals surface area contributed by atoms with Gasteiger partial charge in [0.2, 0.25) is 10.0 Å². The van der Waals surface area contributed by atoms with E-state index < -0.39 is 10.0 Å². The van der Waals surface area contributed by atoms with Crippen LogP contribution in [0.4, 0.5) is 0 Å². The monoisotopic (exact) mass is 227 g/mol. The lowest BCUT2D eigenvalue weighted by Gasteiger charge is -2.24. The zero-order valence-corrected chi connectivity index (χ0v) is 10.0. The maximum absolute atomic E-state index is 11.5. The van der Waals surface area contributed by atoms with Crippen LogP contribution in [0.5, 0.6) is 0 Å². The highest BCUT2D eigenvalue weighted by Crippen LogP contribution is 2.11. The van der Waals surface area contributed by atoms with Crippen molar-refractivity contribution in [3.8, 4) is 0 Å². The third kappa shape index (κ3) is 3.83. The fourth-order valence-corrected chi connectivity index (χ4v) is 3.09. The summed E-state index contributed by atoms with van der Waals surface area (Å²) in [6.07, 6.45) is 1.68. The Morgan fingerprint density at radius 1 is 1.31 bits per heavy atom. The van der Waals surface area contributed by atoms with Crippen molar-refractivity contribution < 1.29 is 8.42 Å². The highest BCUT2D eigenvalue weighted by atomic mass is 35.5. The zero-order valence-electron chi connectivity index (χ0n) is 8.46. The molecule has 0 aliphatic carbocycles. The summed E-state index contributed by atoms with van der Waals surface area (Å²) in [5.74, 6) is 0.189. The van der Waals surface area contributed by atoms with Gasteiger partial charge in [0.05, 0.1) is 5.75 Å². The Bertz CT molecular complexity index is 224. The molecule has 0 saturated carbocycles. The summed E-state index contributed by atoms with van der Waals surface area (Å²) in [6, 6.07) is 0.105. The molecule has 0 aromatic rings. The molecule has 0 N–H and O–H groups in total. The summed E-state index contributed by atoms with van der Waals surface area (Å²) in [6.45, 7) is 3.97. The second-order valence-corrected chi connectivity index (χ2v) is 5.52. The van der Waals surface area contributed by atoms with Crippen molar-refractivity contribution in [3.05, 3.63) is 0 Å². The standard InChI is InChI=1S/C8H18ClNO2S/c1-4-8(5-2)10(3)13(11,12)7-6-9/h8H,4-7H2,1-3H3. The smallest absolute Gasteiger partial charge is 0.212 e. The topological polar surface area (TPSA) is 37.4 Å². The van der Waals surface area contributed by atoms with E-state index in [0.29, 0.717) is 0 Å². The zero-order chi connectivity index (χ0) is 10.5. The third-order valence-corrected chi connectivity index (χ3v) is 4.54. The van der Waals surface area contributed by atoms with Crippen LogP contribution in [0.15, 0.2) is 0 Å². The lowest BCUT2D eigenvalue weighted by molar-refractivity contribution is 0.350. The SMILES string of the molecule is CCC(CC)N(C)S(=O)(=O)CCCl. The van der Waals surface area contributed by atoms with E-state index in [0.717, 1.165) is 12.8 Å². The Morgan fingerprint density at radius 2 is 1.77 bits per heavy atom. The van der Waals surface area contributed by atoms with Crippen LogP contribution in [-0.2, 0) is 10.0 Å². The van der Waals surface area contributed by atoms with Crippen molar-refractivity contribution in [1.82, 2.24) is 4.31 Å². The number of alkyl halides is 1. The van der Waals surface area contributed by atoms with Crippen LogP contribution in [0, 0.1) is 0 Å². The van der Waals surface area contributed by atoms with Gasteiger partial charge in [-0.2, -0.15) is 0 Å². The van der Waals surface area contributed by atoms with Gasteiger partial charge in [0.1, 0.15) is 0 Å². The summed E-state index contributed by atoms with van der Waals surface area (Å²) >= 11 is 5.42. The van der Waals surface area contributed by atoms with Crippen molar-refractivity contribution in [3.63, 3.8) is 0 Å². The average molecular weight is 228 g/mol. The van der Waals surface area contributed by atoms with E-state index in [4.69, 9.17) is 11.6 Å². The lowest BCUT2D eigenvalue weighted by Crippen LogP contribution is -2.38.